The zero-order valence-corrected chi connectivity index (χ0v) is 11.5. The molecule has 1 aliphatic heterocycles. The van der Waals surface area contributed by atoms with Gasteiger partial charge in [0.25, 0.3) is 0 Å². The van der Waals surface area contributed by atoms with Gasteiger partial charge in [-0.15, -0.1) is 0 Å². The average molecular weight is 261 g/mol. The molecule has 1 unspecified atom stereocenters. The molecular formula is C15H23N3O. The van der Waals surface area contributed by atoms with Gasteiger partial charge in [0.15, 0.2) is 0 Å². The minimum absolute atomic E-state index is 0.227. The van der Waals surface area contributed by atoms with Gasteiger partial charge in [-0.25, -0.2) is 9.97 Å². The van der Waals surface area contributed by atoms with Gasteiger partial charge in [-0.3, -0.25) is 0 Å². The summed E-state index contributed by atoms with van der Waals surface area (Å²) in [5.74, 6) is 1.44. The van der Waals surface area contributed by atoms with Crippen molar-refractivity contribution in [2.24, 2.45) is 0 Å². The summed E-state index contributed by atoms with van der Waals surface area (Å²) in [6, 6.07) is 0. The number of aromatic nitrogens is 2. The van der Waals surface area contributed by atoms with Crippen molar-refractivity contribution in [3.05, 3.63) is 18.0 Å². The van der Waals surface area contributed by atoms with Crippen LogP contribution in [0.25, 0.3) is 0 Å². The topological polar surface area (TPSA) is 49.2 Å². The third-order valence-corrected chi connectivity index (χ3v) is 4.41. The van der Waals surface area contributed by atoms with Gasteiger partial charge >= 0.3 is 0 Å². The van der Waals surface area contributed by atoms with Crippen LogP contribution in [-0.2, 0) is 0 Å². The number of nitrogens with zero attached hydrogens (tertiary/aromatic N) is 3. The second-order valence-electron chi connectivity index (χ2n) is 5.89. The summed E-state index contributed by atoms with van der Waals surface area (Å²) in [5, 5.41) is 9.70. The lowest BCUT2D eigenvalue weighted by Gasteiger charge is -2.30. The van der Waals surface area contributed by atoms with E-state index >= 15 is 0 Å². The van der Waals surface area contributed by atoms with E-state index in [-0.39, 0.29) is 6.10 Å². The van der Waals surface area contributed by atoms with Crippen molar-refractivity contribution < 1.29 is 5.11 Å². The van der Waals surface area contributed by atoms with Crippen LogP contribution in [0.3, 0.4) is 0 Å². The van der Waals surface area contributed by atoms with Crippen LogP contribution < -0.4 is 4.90 Å². The fourth-order valence-electron chi connectivity index (χ4n) is 3.28. The summed E-state index contributed by atoms with van der Waals surface area (Å²) in [5.41, 5.74) is 1.29. The van der Waals surface area contributed by atoms with E-state index in [2.05, 4.69) is 14.9 Å². The molecule has 4 nitrogen and oxygen atoms in total. The van der Waals surface area contributed by atoms with Crippen molar-refractivity contribution in [3.63, 3.8) is 0 Å². The van der Waals surface area contributed by atoms with Crippen LogP contribution in [0, 0.1) is 0 Å². The van der Waals surface area contributed by atoms with E-state index in [1.165, 1.54) is 37.7 Å². The van der Waals surface area contributed by atoms with Gasteiger partial charge in [-0.1, -0.05) is 19.3 Å². The van der Waals surface area contributed by atoms with Crippen LogP contribution in [-0.4, -0.2) is 34.3 Å². The van der Waals surface area contributed by atoms with Gasteiger partial charge in [0.05, 0.1) is 6.10 Å². The van der Waals surface area contributed by atoms with Crippen molar-refractivity contribution in [2.45, 2.75) is 57.0 Å². The van der Waals surface area contributed by atoms with E-state index in [0.29, 0.717) is 12.5 Å². The molecule has 19 heavy (non-hydrogen) atoms. The quantitative estimate of drug-likeness (QED) is 0.888. The highest BCUT2D eigenvalue weighted by Crippen LogP contribution is 2.32. The zero-order valence-electron chi connectivity index (χ0n) is 11.5. The van der Waals surface area contributed by atoms with Crippen molar-refractivity contribution in [1.82, 2.24) is 9.97 Å². The van der Waals surface area contributed by atoms with Crippen LogP contribution in [0.2, 0.25) is 0 Å². The summed E-state index contributed by atoms with van der Waals surface area (Å²) in [6.07, 6.45) is 12.3. The highest BCUT2D eigenvalue weighted by atomic mass is 16.3. The lowest BCUT2D eigenvalue weighted by molar-refractivity contribution is 0.153. The predicted molar refractivity (Wildman–Crippen MR) is 75.3 cm³/mol. The van der Waals surface area contributed by atoms with Crippen LogP contribution >= 0.6 is 0 Å². The molecule has 1 atom stereocenters. The number of β-amino-alcohol motifs (C(OH)–C–C–N with tert-alkyl or cyclic N) is 1. The largest absolute Gasteiger partial charge is 0.391 e. The molecule has 3 rings (SSSR count). The molecule has 1 aliphatic carbocycles. The lowest BCUT2D eigenvalue weighted by Crippen LogP contribution is -2.39. The standard InChI is InChI=1S/C15H23N3O/c19-14-7-4-8-18(11-14)15-16-9-13(10-17-15)12-5-2-1-3-6-12/h9-10,12,14,19H,1-8,11H2. The Hall–Kier alpha value is -1.16. The van der Waals surface area contributed by atoms with Crippen LogP contribution in [0.1, 0.15) is 56.4 Å². The molecule has 0 spiro atoms. The lowest BCUT2D eigenvalue weighted by atomic mass is 9.85. The summed E-state index contributed by atoms with van der Waals surface area (Å²) in [7, 11) is 0. The maximum Gasteiger partial charge on any atom is 0.225 e. The molecule has 104 valence electrons. The zero-order chi connectivity index (χ0) is 13.1. The fourth-order valence-corrected chi connectivity index (χ4v) is 3.28. The first kappa shape index (κ1) is 12.9. The second kappa shape index (κ2) is 5.87. The van der Waals surface area contributed by atoms with Gasteiger partial charge in [-0.2, -0.15) is 0 Å². The van der Waals surface area contributed by atoms with Gasteiger partial charge in [-0.05, 0) is 37.2 Å². The molecule has 0 aromatic carbocycles. The number of piperidine rings is 1. The minimum Gasteiger partial charge on any atom is -0.391 e. The minimum atomic E-state index is -0.227. The third-order valence-electron chi connectivity index (χ3n) is 4.41. The Balaban J connectivity index is 1.67. The van der Waals surface area contributed by atoms with E-state index < -0.39 is 0 Å². The number of hydrogen-bond donors (Lipinski definition) is 1. The molecule has 2 fully saturated rings. The third kappa shape index (κ3) is 3.06. The van der Waals surface area contributed by atoms with E-state index in [0.717, 1.165) is 25.3 Å². The molecule has 4 heteroatoms. The molecule has 1 aromatic heterocycles. The maximum atomic E-state index is 9.70. The van der Waals surface area contributed by atoms with Gasteiger partial charge in [0.1, 0.15) is 0 Å². The monoisotopic (exact) mass is 261 g/mol. The first-order chi connectivity index (χ1) is 9.33. The summed E-state index contributed by atoms with van der Waals surface area (Å²) in [4.78, 5) is 11.1. The highest BCUT2D eigenvalue weighted by Gasteiger charge is 2.21. The summed E-state index contributed by atoms with van der Waals surface area (Å²) < 4.78 is 0. The molecule has 1 aromatic rings. The molecule has 2 heterocycles. The molecule has 1 N–H and O–H groups in total. The molecule has 0 radical (unpaired) electrons. The number of anilines is 1. The molecule has 0 amide bonds. The molecule has 1 saturated carbocycles. The molecule has 2 aliphatic rings. The second-order valence-corrected chi connectivity index (χ2v) is 5.89. The predicted octanol–water partition coefficient (Wildman–Crippen LogP) is 2.49. The average Bonchev–Trinajstić information content (AvgIpc) is 2.48. The van der Waals surface area contributed by atoms with Crippen molar-refractivity contribution in [1.29, 1.82) is 0 Å². The molecular weight excluding hydrogens is 238 g/mol. The van der Waals surface area contributed by atoms with Crippen LogP contribution in [0.15, 0.2) is 12.4 Å². The smallest absolute Gasteiger partial charge is 0.225 e. The van der Waals surface area contributed by atoms with E-state index in [1.807, 2.05) is 12.4 Å². The fraction of sp³-hybridized carbons (Fsp3) is 0.733. The summed E-state index contributed by atoms with van der Waals surface area (Å²) >= 11 is 0. The molecule has 1 saturated heterocycles. The van der Waals surface area contributed by atoms with E-state index in [1.54, 1.807) is 0 Å². The van der Waals surface area contributed by atoms with Crippen LogP contribution in [0.4, 0.5) is 5.95 Å². The maximum absolute atomic E-state index is 9.70. The Kier molecular flexibility index (Phi) is 3.97. The van der Waals surface area contributed by atoms with E-state index in [9.17, 15) is 5.11 Å². The Bertz CT molecular complexity index is 400. The highest BCUT2D eigenvalue weighted by molar-refractivity contribution is 5.31. The Morgan fingerprint density at radius 3 is 2.42 bits per heavy atom. The van der Waals surface area contributed by atoms with E-state index in [4.69, 9.17) is 0 Å². The number of rotatable bonds is 2. The van der Waals surface area contributed by atoms with Crippen molar-refractivity contribution in [3.8, 4) is 0 Å². The first-order valence-corrected chi connectivity index (χ1v) is 7.58. The Morgan fingerprint density at radius 1 is 1.00 bits per heavy atom. The normalized spacial score (nSPS) is 25.5. The first-order valence-electron chi connectivity index (χ1n) is 7.58. The van der Waals surface area contributed by atoms with Gasteiger partial charge < -0.3 is 10.0 Å². The number of hydrogen-bond acceptors (Lipinski definition) is 4. The van der Waals surface area contributed by atoms with Gasteiger partial charge in [0, 0.05) is 25.5 Å². The number of aliphatic hydroxyl groups excluding tert-OH is 1. The SMILES string of the molecule is OC1CCCN(c2ncc(C3CCCCC3)cn2)C1. The van der Waals surface area contributed by atoms with Crippen molar-refractivity contribution >= 4 is 5.95 Å². The van der Waals surface area contributed by atoms with Crippen molar-refractivity contribution in [2.75, 3.05) is 18.0 Å². The summed E-state index contributed by atoms with van der Waals surface area (Å²) in [6.45, 7) is 1.63. The molecule has 0 bridgehead atoms. The van der Waals surface area contributed by atoms with Crippen LogP contribution in [0.5, 0.6) is 0 Å². The number of aliphatic hydroxyl groups is 1. The Labute approximate surface area is 114 Å². The van der Waals surface area contributed by atoms with Gasteiger partial charge in [0.2, 0.25) is 5.95 Å². The Morgan fingerprint density at radius 2 is 1.74 bits per heavy atom.